The van der Waals surface area contributed by atoms with Crippen molar-refractivity contribution < 1.29 is 9.21 Å². The number of hydrogen-bond donors (Lipinski definition) is 1. The van der Waals surface area contributed by atoms with Gasteiger partial charge in [0.15, 0.2) is 0 Å². The molecule has 2 aliphatic heterocycles. The second-order valence-corrected chi connectivity index (χ2v) is 8.69. The van der Waals surface area contributed by atoms with Crippen LogP contribution < -0.4 is 10.2 Å². The predicted octanol–water partition coefficient (Wildman–Crippen LogP) is 3.25. The first kappa shape index (κ1) is 20.8. The summed E-state index contributed by atoms with van der Waals surface area (Å²) in [7, 11) is 0. The molecule has 2 aromatic rings. The highest BCUT2D eigenvalue weighted by Crippen LogP contribution is 2.26. The van der Waals surface area contributed by atoms with Crippen molar-refractivity contribution in [3.05, 3.63) is 29.8 Å². The molecule has 0 spiro atoms. The summed E-state index contributed by atoms with van der Waals surface area (Å²) in [5, 5.41) is 11.6. The third-order valence-corrected chi connectivity index (χ3v) is 6.49. The predicted molar refractivity (Wildman–Crippen MR) is 117 cm³/mol. The molecule has 30 heavy (non-hydrogen) atoms. The minimum absolute atomic E-state index is 0.0690. The number of hydrogen-bond acceptors (Lipinski definition) is 6. The summed E-state index contributed by atoms with van der Waals surface area (Å²) in [6.07, 6.45) is 5.50. The Labute approximate surface area is 178 Å². The Balaban J connectivity index is 1.23. The first-order valence-corrected chi connectivity index (χ1v) is 11.3. The van der Waals surface area contributed by atoms with Crippen molar-refractivity contribution in [2.45, 2.75) is 52.0 Å². The second kappa shape index (κ2) is 9.60. The van der Waals surface area contributed by atoms with Gasteiger partial charge in [-0.25, -0.2) is 0 Å². The quantitative estimate of drug-likeness (QED) is 0.787. The van der Waals surface area contributed by atoms with E-state index >= 15 is 0 Å². The number of nitrogens with zero attached hydrogens (tertiary/aromatic N) is 4. The van der Waals surface area contributed by atoms with Crippen molar-refractivity contribution in [3.63, 3.8) is 0 Å². The Hall–Kier alpha value is -2.41. The molecule has 0 saturated carbocycles. The van der Waals surface area contributed by atoms with E-state index < -0.39 is 0 Å². The molecule has 7 heteroatoms. The van der Waals surface area contributed by atoms with Gasteiger partial charge in [0, 0.05) is 43.7 Å². The van der Waals surface area contributed by atoms with Crippen LogP contribution in [0.25, 0.3) is 11.5 Å². The van der Waals surface area contributed by atoms with E-state index in [1.807, 2.05) is 24.3 Å². The maximum atomic E-state index is 12.6. The molecule has 2 saturated heterocycles. The summed E-state index contributed by atoms with van der Waals surface area (Å²) >= 11 is 0. The Morgan fingerprint density at radius 1 is 1.10 bits per heavy atom. The number of rotatable bonds is 6. The van der Waals surface area contributed by atoms with Gasteiger partial charge in [0.2, 0.25) is 11.8 Å². The number of likely N-dealkylation sites (tertiary alicyclic amines) is 1. The highest BCUT2D eigenvalue weighted by atomic mass is 16.4. The van der Waals surface area contributed by atoms with E-state index in [9.17, 15) is 4.79 Å². The lowest BCUT2D eigenvalue weighted by Gasteiger charge is -2.33. The first-order chi connectivity index (χ1) is 14.6. The standard InChI is InChI=1S/C23H33N5O2/c1-17-6-8-20(9-7-17)22-25-26-23(30-22)28-14-10-19(11-15-28)21(29)24-12-16-27-13-4-3-5-18(27)2/h6-9,18-19H,3-5,10-16H2,1-2H3,(H,24,29). The van der Waals surface area contributed by atoms with E-state index in [2.05, 4.69) is 39.2 Å². The summed E-state index contributed by atoms with van der Waals surface area (Å²) in [4.78, 5) is 17.2. The summed E-state index contributed by atoms with van der Waals surface area (Å²) in [5.41, 5.74) is 2.13. The normalized spacial score (nSPS) is 21.0. The van der Waals surface area contributed by atoms with E-state index in [0.29, 0.717) is 17.9 Å². The van der Waals surface area contributed by atoms with Crippen LogP contribution in [0, 0.1) is 12.8 Å². The SMILES string of the molecule is Cc1ccc(-c2nnc(N3CCC(C(=O)NCCN4CCCCC4C)CC3)o2)cc1. The number of benzene rings is 1. The fourth-order valence-electron chi connectivity index (χ4n) is 4.45. The van der Waals surface area contributed by atoms with Gasteiger partial charge in [-0.05, 0) is 58.2 Å². The van der Waals surface area contributed by atoms with Crippen LogP contribution in [0.2, 0.25) is 0 Å². The number of carbonyl (C=O) groups excluding carboxylic acids is 1. The third-order valence-electron chi connectivity index (χ3n) is 6.49. The maximum absolute atomic E-state index is 12.6. The molecule has 2 aliphatic rings. The monoisotopic (exact) mass is 411 g/mol. The van der Waals surface area contributed by atoms with Crippen LogP contribution in [0.3, 0.4) is 0 Å². The Morgan fingerprint density at radius 3 is 2.60 bits per heavy atom. The van der Waals surface area contributed by atoms with E-state index in [-0.39, 0.29) is 11.8 Å². The van der Waals surface area contributed by atoms with Crippen LogP contribution in [-0.4, -0.2) is 59.8 Å². The number of anilines is 1. The molecule has 0 aliphatic carbocycles. The van der Waals surface area contributed by atoms with Crippen molar-refractivity contribution in [1.29, 1.82) is 0 Å². The van der Waals surface area contributed by atoms with Crippen LogP contribution in [0.4, 0.5) is 6.01 Å². The molecule has 0 radical (unpaired) electrons. The highest BCUT2D eigenvalue weighted by molar-refractivity contribution is 5.78. The number of carbonyl (C=O) groups is 1. The molecule has 1 amide bonds. The molecule has 0 bridgehead atoms. The lowest BCUT2D eigenvalue weighted by atomic mass is 9.96. The van der Waals surface area contributed by atoms with Gasteiger partial charge in [0.1, 0.15) is 0 Å². The van der Waals surface area contributed by atoms with Gasteiger partial charge in [0.05, 0.1) is 0 Å². The fraction of sp³-hybridized carbons (Fsp3) is 0.609. The van der Waals surface area contributed by atoms with Gasteiger partial charge in [-0.2, -0.15) is 0 Å². The van der Waals surface area contributed by atoms with Gasteiger partial charge in [-0.1, -0.05) is 29.2 Å². The zero-order chi connectivity index (χ0) is 20.9. The molecule has 2 fully saturated rings. The molecule has 1 atom stereocenters. The minimum atomic E-state index is 0.0690. The average molecular weight is 412 g/mol. The number of aryl methyl sites for hydroxylation is 1. The molecule has 162 valence electrons. The molecule has 3 heterocycles. The van der Waals surface area contributed by atoms with Crippen LogP contribution >= 0.6 is 0 Å². The topological polar surface area (TPSA) is 74.5 Å². The molecule has 1 unspecified atom stereocenters. The largest absolute Gasteiger partial charge is 0.403 e. The maximum Gasteiger partial charge on any atom is 0.318 e. The molecule has 4 rings (SSSR count). The van der Waals surface area contributed by atoms with E-state index in [1.165, 1.54) is 24.8 Å². The van der Waals surface area contributed by atoms with Gasteiger partial charge >= 0.3 is 6.01 Å². The second-order valence-electron chi connectivity index (χ2n) is 8.69. The lowest BCUT2D eigenvalue weighted by molar-refractivity contribution is -0.125. The average Bonchev–Trinajstić information content (AvgIpc) is 3.26. The first-order valence-electron chi connectivity index (χ1n) is 11.3. The smallest absolute Gasteiger partial charge is 0.318 e. The van der Waals surface area contributed by atoms with E-state index in [4.69, 9.17) is 4.42 Å². The molecule has 1 N–H and O–H groups in total. The Bertz CT molecular complexity index is 826. The zero-order valence-electron chi connectivity index (χ0n) is 18.1. The number of aromatic nitrogens is 2. The molecule has 7 nitrogen and oxygen atoms in total. The minimum Gasteiger partial charge on any atom is -0.403 e. The van der Waals surface area contributed by atoms with E-state index in [1.54, 1.807) is 0 Å². The van der Waals surface area contributed by atoms with Crippen LogP contribution in [-0.2, 0) is 4.79 Å². The van der Waals surface area contributed by atoms with Crippen molar-refractivity contribution >= 4 is 11.9 Å². The molecule has 1 aromatic carbocycles. The van der Waals surface area contributed by atoms with Gasteiger partial charge in [0.25, 0.3) is 0 Å². The van der Waals surface area contributed by atoms with E-state index in [0.717, 1.165) is 51.1 Å². The lowest BCUT2D eigenvalue weighted by Crippen LogP contribution is -2.45. The third kappa shape index (κ3) is 5.01. The fourth-order valence-corrected chi connectivity index (χ4v) is 4.45. The number of piperidine rings is 2. The van der Waals surface area contributed by atoms with Gasteiger partial charge in [-0.15, -0.1) is 5.10 Å². The van der Waals surface area contributed by atoms with Gasteiger partial charge < -0.3 is 14.6 Å². The van der Waals surface area contributed by atoms with Crippen molar-refractivity contribution in [2.75, 3.05) is 37.6 Å². The molecule has 1 aromatic heterocycles. The number of nitrogens with one attached hydrogen (secondary N) is 1. The van der Waals surface area contributed by atoms with Crippen molar-refractivity contribution in [3.8, 4) is 11.5 Å². The molecular weight excluding hydrogens is 378 g/mol. The summed E-state index contributed by atoms with van der Waals surface area (Å²) in [6.45, 7) is 8.72. The zero-order valence-corrected chi connectivity index (χ0v) is 18.1. The Kier molecular flexibility index (Phi) is 6.67. The van der Waals surface area contributed by atoms with Crippen LogP contribution in [0.15, 0.2) is 28.7 Å². The Morgan fingerprint density at radius 2 is 1.87 bits per heavy atom. The van der Waals surface area contributed by atoms with Crippen molar-refractivity contribution in [1.82, 2.24) is 20.4 Å². The summed E-state index contributed by atoms with van der Waals surface area (Å²) in [6, 6.07) is 9.24. The molecular formula is C23H33N5O2. The van der Waals surface area contributed by atoms with Crippen LogP contribution in [0.5, 0.6) is 0 Å². The van der Waals surface area contributed by atoms with Crippen LogP contribution in [0.1, 0.15) is 44.6 Å². The number of amides is 1. The van der Waals surface area contributed by atoms with Crippen molar-refractivity contribution in [2.24, 2.45) is 5.92 Å². The highest BCUT2D eigenvalue weighted by Gasteiger charge is 2.27. The van der Waals surface area contributed by atoms with Gasteiger partial charge in [-0.3, -0.25) is 9.69 Å². The summed E-state index contributed by atoms with van der Waals surface area (Å²) < 4.78 is 5.88. The summed E-state index contributed by atoms with van der Waals surface area (Å²) in [5.74, 6) is 0.793.